The van der Waals surface area contributed by atoms with Gasteiger partial charge in [0.05, 0.1) is 12.6 Å². The number of amides is 1. The fraction of sp³-hybridized carbons (Fsp3) is 0.600. The van der Waals surface area contributed by atoms with Gasteiger partial charge in [-0.15, -0.1) is 0 Å². The molecule has 0 saturated carbocycles. The molecule has 0 aliphatic rings. The monoisotopic (exact) mass is 349 g/mol. The van der Waals surface area contributed by atoms with Crippen LogP contribution in [0.1, 0.15) is 58.9 Å². The van der Waals surface area contributed by atoms with Gasteiger partial charge in [-0.3, -0.25) is 4.79 Å². The summed E-state index contributed by atoms with van der Waals surface area (Å²) in [6.45, 7) is 8.45. The Labute approximate surface area is 151 Å². The summed E-state index contributed by atoms with van der Waals surface area (Å²) in [5.74, 6) is 0.0241. The first-order valence-corrected chi connectivity index (χ1v) is 8.95. The van der Waals surface area contributed by atoms with Gasteiger partial charge in [-0.2, -0.15) is 0 Å². The van der Waals surface area contributed by atoms with Crippen molar-refractivity contribution in [1.82, 2.24) is 5.32 Å². The standard InChI is InChI=1S/C20H31NO4/c1-5-10-17(21-19(23)25-20(2,3)4)18(22)13-9-14-24-15-16-11-7-6-8-12-16/h6-8,11-12,17H,5,9-10,13-15H2,1-4H3,(H,21,23)/t17-/m1/s1. The third-order valence-electron chi connectivity index (χ3n) is 3.48. The van der Waals surface area contributed by atoms with Crippen molar-refractivity contribution in [3.63, 3.8) is 0 Å². The van der Waals surface area contributed by atoms with Gasteiger partial charge in [0.25, 0.3) is 0 Å². The van der Waals surface area contributed by atoms with Crippen LogP contribution in [0.3, 0.4) is 0 Å². The summed E-state index contributed by atoms with van der Waals surface area (Å²) < 4.78 is 10.8. The molecule has 0 unspecified atom stereocenters. The molecule has 5 heteroatoms. The van der Waals surface area contributed by atoms with Crippen molar-refractivity contribution in [2.75, 3.05) is 6.61 Å². The van der Waals surface area contributed by atoms with Crippen LogP contribution in [0.4, 0.5) is 4.79 Å². The van der Waals surface area contributed by atoms with Gasteiger partial charge in [0.1, 0.15) is 5.60 Å². The molecule has 1 amide bonds. The zero-order valence-corrected chi connectivity index (χ0v) is 15.8. The first-order valence-electron chi connectivity index (χ1n) is 8.95. The van der Waals surface area contributed by atoms with Crippen LogP contribution in [-0.4, -0.2) is 30.1 Å². The SMILES string of the molecule is CCC[C@@H](NC(=O)OC(C)(C)C)C(=O)CCCOCc1ccccc1. The second-order valence-electron chi connectivity index (χ2n) is 7.10. The second-order valence-corrected chi connectivity index (χ2v) is 7.10. The maximum absolute atomic E-state index is 12.3. The predicted molar refractivity (Wildman–Crippen MR) is 98.4 cm³/mol. The molecule has 1 atom stereocenters. The number of ketones is 1. The van der Waals surface area contributed by atoms with Crippen molar-refractivity contribution in [3.05, 3.63) is 35.9 Å². The van der Waals surface area contributed by atoms with Gasteiger partial charge in [-0.25, -0.2) is 4.79 Å². The molecule has 1 aromatic rings. The van der Waals surface area contributed by atoms with Crippen LogP contribution in [0.15, 0.2) is 30.3 Å². The minimum absolute atomic E-state index is 0.0241. The molecule has 0 bridgehead atoms. The molecule has 140 valence electrons. The fourth-order valence-corrected chi connectivity index (χ4v) is 2.34. The van der Waals surface area contributed by atoms with Gasteiger partial charge in [0.15, 0.2) is 5.78 Å². The number of Topliss-reactive ketones (excluding diaryl/α,β-unsaturated/α-hetero) is 1. The van der Waals surface area contributed by atoms with Gasteiger partial charge in [-0.05, 0) is 39.2 Å². The first kappa shape index (κ1) is 21.2. The van der Waals surface area contributed by atoms with Crippen LogP contribution in [0.2, 0.25) is 0 Å². The quantitative estimate of drug-likeness (QED) is 0.642. The molecule has 1 rings (SSSR count). The zero-order valence-electron chi connectivity index (χ0n) is 15.8. The minimum atomic E-state index is -0.574. The lowest BCUT2D eigenvalue weighted by Gasteiger charge is -2.23. The largest absolute Gasteiger partial charge is 0.444 e. The molecular weight excluding hydrogens is 318 g/mol. The Morgan fingerprint density at radius 1 is 1.16 bits per heavy atom. The van der Waals surface area contributed by atoms with Crippen molar-refractivity contribution in [2.45, 2.75) is 71.6 Å². The van der Waals surface area contributed by atoms with Crippen LogP contribution in [0, 0.1) is 0 Å². The highest BCUT2D eigenvalue weighted by Crippen LogP contribution is 2.09. The maximum atomic E-state index is 12.3. The Balaban J connectivity index is 2.31. The van der Waals surface area contributed by atoms with E-state index in [1.165, 1.54) is 0 Å². The van der Waals surface area contributed by atoms with E-state index in [1.54, 1.807) is 20.8 Å². The number of benzene rings is 1. The number of hydrogen-bond acceptors (Lipinski definition) is 4. The average Bonchev–Trinajstić information content (AvgIpc) is 2.53. The summed E-state index contributed by atoms with van der Waals surface area (Å²) in [7, 11) is 0. The highest BCUT2D eigenvalue weighted by atomic mass is 16.6. The smallest absolute Gasteiger partial charge is 0.408 e. The van der Waals surface area contributed by atoms with E-state index in [0.717, 1.165) is 12.0 Å². The van der Waals surface area contributed by atoms with Crippen molar-refractivity contribution in [1.29, 1.82) is 0 Å². The molecular formula is C20H31NO4. The molecule has 0 fully saturated rings. The van der Waals surface area contributed by atoms with Gasteiger partial charge in [0, 0.05) is 13.0 Å². The lowest BCUT2D eigenvalue weighted by atomic mass is 10.0. The molecule has 1 N–H and O–H groups in total. The molecule has 0 radical (unpaired) electrons. The molecule has 5 nitrogen and oxygen atoms in total. The molecule has 0 saturated heterocycles. The Kier molecular flexibility index (Phi) is 9.21. The van der Waals surface area contributed by atoms with Gasteiger partial charge in [-0.1, -0.05) is 43.7 Å². The van der Waals surface area contributed by atoms with E-state index in [1.807, 2.05) is 37.3 Å². The molecule has 0 aliphatic heterocycles. The van der Waals surface area contributed by atoms with E-state index in [-0.39, 0.29) is 5.78 Å². The van der Waals surface area contributed by atoms with Crippen molar-refractivity contribution >= 4 is 11.9 Å². The summed E-state index contributed by atoms with van der Waals surface area (Å²) in [6, 6.07) is 9.43. The van der Waals surface area contributed by atoms with E-state index in [2.05, 4.69) is 5.32 Å². The lowest BCUT2D eigenvalue weighted by molar-refractivity contribution is -0.121. The van der Waals surface area contributed by atoms with Crippen LogP contribution < -0.4 is 5.32 Å². The summed E-state index contributed by atoms with van der Waals surface area (Å²) in [5, 5.41) is 2.69. The van der Waals surface area contributed by atoms with E-state index in [9.17, 15) is 9.59 Å². The number of carbonyl (C=O) groups excluding carboxylic acids is 2. The van der Waals surface area contributed by atoms with Gasteiger partial charge >= 0.3 is 6.09 Å². The van der Waals surface area contributed by atoms with Gasteiger partial charge in [0.2, 0.25) is 0 Å². The number of alkyl carbamates (subject to hydrolysis) is 1. The first-order chi connectivity index (χ1) is 11.8. The Morgan fingerprint density at radius 2 is 1.84 bits per heavy atom. The molecule has 25 heavy (non-hydrogen) atoms. The van der Waals surface area contributed by atoms with Crippen molar-refractivity contribution in [2.24, 2.45) is 0 Å². The minimum Gasteiger partial charge on any atom is -0.444 e. The van der Waals surface area contributed by atoms with Crippen LogP contribution >= 0.6 is 0 Å². The lowest BCUT2D eigenvalue weighted by Crippen LogP contribution is -2.43. The third kappa shape index (κ3) is 9.87. The van der Waals surface area contributed by atoms with E-state index >= 15 is 0 Å². The van der Waals surface area contributed by atoms with Crippen molar-refractivity contribution < 1.29 is 19.1 Å². The van der Waals surface area contributed by atoms with E-state index in [4.69, 9.17) is 9.47 Å². The molecule has 0 heterocycles. The van der Waals surface area contributed by atoms with Crippen LogP contribution in [0.5, 0.6) is 0 Å². The second kappa shape index (κ2) is 10.9. The number of carbonyl (C=O) groups is 2. The Hall–Kier alpha value is -1.88. The van der Waals surface area contributed by atoms with E-state index in [0.29, 0.717) is 32.5 Å². The molecule has 0 aliphatic carbocycles. The summed E-state index contributed by atoms with van der Waals surface area (Å²) >= 11 is 0. The summed E-state index contributed by atoms with van der Waals surface area (Å²) in [6.07, 6.45) is 1.91. The predicted octanol–water partition coefficient (Wildman–Crippen LogP) is 4.25. The highest BCUT2D eigenvalue weighted by molar-refractivity contribution is 5.87. The molecule has 0 spiro atoms. The number of rotatable bonds is 10. The number of hydrogen-bond donors (Lipinski definition) is 1. The van der Waals surface area contributed by atoms with E-state index < -0.39 is 17.7 Å². The fourth-order valence-electron chi connectivity index (χ4n) is 2.34. The van der Waals surface area contributed by atoms with Crippen molar-refractivity contribution in [3.8, 4) is 0 Å². The number of nitrogens with one attached hydrogen (secondary N) is 1. The molecule has 1 aromatic carbocycles. The van der Waals surface area contributed by atoms with Crippen LogP contribution in [-0.2, 0) is 20.9 Å². The maximum Gasteiger partial charge on any atom is 0.408 e. The van der Waals surface area contributed by atoms with Crippen LogP contribution in [0.25, 0.3) is 0 Å². The summed E-state index contributed by atoms with van der Waals surface area (Å²) in [4.78, 5) is 24.2. The Bertz CT molecular complexity index is 522. The molecule has 0 aromatic heterocycles. The third-order valence-corrected chi connectivity index (χ3v) is 3.48. The topological polar surface area (TPSA) is 64.6 Å². The highest BCUT2D eigenvalue weighted by Gasteiger charge is 2.23. The Morgan fingerprint density at radius 3 is 2.44 bits per heavy atom. The van der Waals surface area contributed by atoms with Gasteiger partial charge < -0.3 is 14.8 Å². The number of ether oxygens (including phenoxy) is 2. The normalized spacial score (nSPS) is 12.5. The summed E-state index contributed by atoms with van der Waals surface area (Å²) in [5.41, 5.74) is 0.541. The average molecular weight is 349 g/mol. The zero-order chi connectivity index (χ0) is 18.7.